The van der Waals surface area contributed by atoms with Crippen molar-refractivity contribution in [3.63, 3.8) is 0 Å². The molecule has 8 nitrogen and oxygen atoms in total. The van der Waals surface area contributed by atoms with Crippen LogP contribution in [-0.4, -0.2) is 48.2 Å². The van der Waals surface area contributed by atoms with Gasteiger partial charge in [0.15, 0.2) is 0 Å². The lowest BCUT2D eigenvalue weighted by molar-refractivity contribution is 0.0686. The number of piperidine rings is 1. The topological polar surface area (TPSA) is 85.9 Å². The zero-order valence-electron chi connectivity index (χ0n) is 13.6. The molecule has 0 aromatic carbocycles. The molecule has 0 bridgehead atoms. The van der Waals surface area contributed by atoms with Crippen LogP contribution < -0.4 is 5.69 Å². The second kappa shape index (κ2) is 5.94. The molecule has 0 atom stereocenters. The molecule has 0 aliphatic carbocycles. The van der Waals surface area contributed by atoms with E-state index in [1.807, 2.05) is 13.8 Å². The molecule has 2 aromatic heterocycles. The van der Waals surface area contributed by atoms with E-state index in [1.165, 1.54) is 10.9 Å². The van der Waals surface area contributed by atoms with Gasteiger partial charge in [-0.15, -0.1) is 0 Å². The predicted molar refractivity (Wildman–Crippen MR) is 83.1 cm³/mol. The van der Waals surface area contributed by atoms with Gasteiger partial charge in [0.25, 0.3) is 5.91 Å². The van der Waals surface area contributed by atoms with Crippen LogP contribution in [0.5, 0.6) is 0 Å². The molecule has 1 aliphatic rings. The Balaban J connectivity index is 1.70. The fourth-order valence-corrected chi connectivity index (χ4v) is 3.01. The summed E-state index contributed by atoms with van der Waals surface area (Å²) in [5.41, 5.74) is 1.05. The van der Waals surface area contributed by atoms with E-state index in [9.17, 15) is 9.59 Å². The van der Waals surface area contributed by atoms with Crippen LogP contribution in [-0.2, 0) is 7.05 Å². The fourth-order valence-electron chi connectivity index (χ4n) is 3.01. The lowest BCUT2D eigenvalue weighted by atomic mass is 10.0. The minimum absolute atomic E-state index is 0.0874. The predicted octanol–water partition coefficient (Wildman–Crippen LogP) is 0.466. The van der Waals surface area contributed by atoms with E-state index in [4.69, 9.17) is 0 Å². The Kier molecular flexibility index (Phi) is 3.97. The largest absolute Gasteiger partial charge is 0.345 e. The molecule has 8 heteroatoms. The van der Waals surface area contributed by atoms with Crippen molar-refractivity contribution in [3.8, 4) is 0 Å². The molecular weight excluding hydrogens is 296 g/mol. The summed E-state index contributed by atoms with van der Waals surface area (Å²) in [6.45, 7) is 4.86. The van der Waals surface area contributed by atoms with E-state index in [1.54, 1.807) is 22.7 Å². The fraction of sp³-hybridized carbons (Fsp3) is 0.533. The van der Waals surface area contributed by atoms with Gasteiger partial charge in [-0.05, 0) is 26.7 Å². The van der Waals surface area contributed by atoms with Gasteiger partial charge in [0.05, 0.1) is 11.9 Å². The number of rotatable bonds is 2. The summed E-state index contributed by atoms with van der Waals surface area (Å²) < 4.78 is 3.09. The summed E-state index contributed by atoms with van der Waals surface area (Å²) in [4.78, 5) is 34.6. The normalized spacial score (nSPS) is 15.9. The van der Waals surface area contributed by atoms with Crippen molar-refractivity contribution in [2.75, 3.05) is 13.1 Å². The summed E-state index contributed by atoms with van der Waals surface area (Å²) in [5.74, 6) is 0.609. The Morgan fingerprint density at radius 1 is 1.17 bits per heavy atom. The second-order valence-electron chi connectivity index (χ2n) is 5.89. The second-order valence-corrected chi connectivity index (χ2v) is 5.89. The highest BCUT2D eigenvalue weighted by Gasteiger charge is 2.27. The number of hydrogen-bond donors (Lipinski definition) is 0. The number of hydrogen-bond acceptors (Lipinski definition) is 5. The summed E-state index contributed by atoms with van der Waals surface area (Å²) >= 11 is 0. The Morgan fingerprint density at radius 2 is 1.87 bits per heavy atom. The Labute approximate surface area is 133 Å². The highest BCUT2D eigenvalue weighted by molar-refractivity contribution is 5.92. The van der Waals surface area contributed by atoms with E-state index >= 15 is 0 Å². The monoisotopic (exact) mass is 316 g/mol. The van der Waals surface area contributed by atoms with Crippen LogP contribution in [0.4, 0.5) is 0 Å². The van der Waals surface area contributed by atoms with Crippen molar-refractivity contribution < 1.29 is 4.79 Å². The first-order valence-corrected chi connectivity index (χ1v) is 7.67. The zero-order valence-corrected chi connectivity index (χ0v) is 13.6. The Morgan fingerprint density at radius 3 is 2.39 bits per heavy atom. The number of amides is 1. The van der Waals surface area contributed by atoms with Crippen molar-refractivity contribution in [1.29, 1.82) is 0 Å². The first-order chi connectivity index (χ1) is 11.0. The molecule has 0 N–H and O–H groups in total. The van der Waals surface area contributed by atoms with Gasteiger partial charge in [-0.25, -0.2) is 14.5 Å². The van der Waals surface area contributed by atoms with Crippen LogP contribution in [0.15, 0.2) is 17.2 Å². The number of nitrogens with zero attached hydrogens (tertiary/aromatic N) is 6. The maximum absolute atomic E-state index is 12.4. The van der Waals surface area contributed by atoms with Gasteiger partial charge in [-0.1, -0.05) is 0 Å². The van der Waals surface area contributed by atoms with Gasteiger partial charge in [0, 0.05) is 32.4 Å². The van der Waals surface area contributed by atoms with Crippen molar-refractivity contribution in [2.24, 2.45) is 7.05 Å². The molecule has 1 fully saturated rings. The third-order valence-electron chi connectivity index (χ3n) is 4.24. The van der Waals surface area contributed by atoms with Gasteiger partial charge in [0.1, 0.15) is 11.5 Å². The summed E-state index contributed by atoms with van der Waals surface area (Å²) in [6, 6.07) is 0.0874. The highest BCUT2D eigenvalue weighted by atomic mass is 16.2. The molecular formula is C15H20N6O2. The minimum atomic E-state index is -0.105. The van der Waals surface area contributed by atoms with Crippen LogP contribution in [0.25, 0.3) is 0 Å². The van der Waals surface area contributed by atoms with Crippen LogP contribution >= 0.6 is 0 Å². The summed E-state index contributed by atoms with van der Waals surface area (Å²) in [5, 5.41) is 4.16. The molecule has 1 amide bonds. The quantitative estimate of drug-likeness (QED) is 0.804. The molecule has 0 saturated carbocycles. The van der Waals surface area contributed by atoms with Gasteiger partial charge in [0.2, 0.25) is 0 Å². The molecule has 0 radical (unpaired) electrons. The zero-order chi connectivity index (χ0) is 16.6. The summed E-state index contributed by atoms with van der Waals surface area (Å²) in [7, 11) is 1.65. The van der Waals surface area contributed by atoms with Crippen LogP contribution in [0.1, 0.15) is 40.9 Å². The molecule has 122 valence electrons. The van der Waals surface area contributed by atoms with Gasteiger partial charge >= 0.3 is 5.69 Å². The van der Waals surface area contributed by atoms with E-state index in [2.05, 4.69) is 15.1 Å². The van der Waals surface area contributed by atoms with E-state index in [-0.39, 0.29) is 17.6 Å². The van der Waals surface area contributed by atoms with Crippen molar-refractivity contribution >= 4 is 5.91 Å². The molecule has 23 heavy (non-hydrogen) atoms. The van der Waals surface area contributed by atoms with Crippen LogP contribution in [0.3, 0.4) is 0 Å². The highest BCUT2D eigenvalue weighted by Crippen LogP contribution is 2.22. The number of carbonyl (C=O) groups excluding carboxylic acids is 1. The van der Waals surface area contributed by atoms with Gasteiger partial charge < -0.3 is 4.90 Å². The van der Waals surface area contributed by atoms with E-state index in [0.29, 0.717) is 24.6 Å². The number of likely N-dealkylation sites (tertiary alicyclic amines) is 1. The third-order valence-corrected chi connectivity index (χ3v) is 4.24. The molecule has 0 unspecified atom stereocenters. The molecule has 2 aromatic rings. The smallest absolute Gasteiger partial charge is 0.337 e. The van der Waals surface area contributed by atoms with Crippen molar-refractivity contribution in [2.45, 2.75) is 32.7 Å². The Bertz CT molecular complexity index is 768. The standard InChI is InChI=1S/C15H20N6O2/c1-10-8-17-13(9-16-10)14(22)20-6-4-12(5-7-20)21-11(2)18-19(3)15(21)23/h8-9,12H,4-7H2,1-3H3. The first kappa shape index (κ1) is 15.4. The SMILES string of the molecule is Cc1cnc(C(=O)N2CCC(n3c(C)nn(C)c3=O)CC2)cn1. The van der Waals surface area contributed by atoms with Crippen molar-refractivity contribution in [1.82, 2.24) is 29.2 Å². The minimum Gasteiger partial charge on any atom is -0.337 e. The molecule has 1 saturated heterocycles. The number of aryl methyl sites for hydroxylation is 3. The lowest BCUT2D eigenvalue weighted by Crippen LogP contribution is -2.41. The third kappa shape index (κ3) is 2.88. The van der Waals surface area contributed by atoms with E-state index < -0.39 is 0 Å². The average molecular weight is 316 g/mol. The molecule has 0 spiro atoms. The molecule has 3 heterocycles. The summed E-state index contributed by atoms with van der Waals surface area (Å²) in [6.07, 6.45) is 4.58. The maximum atomic E-state index is 12.4. The number of aromatic nitrogens is 5. The Hall–Kier alpha value is -2.51. The lowest BCUT2D eigenvalue weighted by Gasteiger charge is -2.32. The number of carbonyl (C=O) groups is 1. The first-order valence-electron chi connectivity index (χ1n) is 7.67. The van der Waals surface area contributed by atoms with Gasteiger partial charge in [-0.3, -0.25) is 14.3 Å². The van der Waals surface area contributed by atoms with E-state index in [0.717, 1.165) is 18.5 Å². The average Bonchev–Trinajstić information content (AvgIpc) is 2.80. The van der Waals surface area contributed by atoms with Crippen LogP contribution in [0.2, 0.25) is 0 Å². The molecule has 1 aliphatic heterocycles. The van der Waals surface area contributed by atoms with Crippen LogP contribution in [0, 0.1) is 13.8 Å². The molecule has 3 rings (SSSR count). The maximum Gasteiger partial charge on any atom is 0.345 e. The van der Waals surface area contributed by atoms with Gasteiger partial charge in [-0.2, -0.15) is 5.10 Å². The van der Waals surface area contributed by atoms with Crippen molar-refractivity contribution in [3.05, 3.63) is 40.1 Å².